The zero-order valence-corrected chi connectivity index (χ0v) is 10.8. The van der Waals surface area contributed by atoms with E-state index in [1.165, 1.54) is 10.1 Å². The predicted octanol–water partition coefficient (Wildman–Crippen LogP) is 1.99. The van der Waals surface area contributed by atoms with Crippen LogP contribution in [0, 0.1) is 5.92 Å². The minimum Gasteiger partial charge on any atom is -0.379 e. The first kappa shape index (κ1) is 11.8. The summed E-state index contributed by atoms with van der Waals surface area (Å²) < 4.78 is 6.48. The van der Waals surface area contributed by atoms with Crippen LogP contribution < -0.4 is 5.73 Å². The van der Waals surface area contributed by atoms with Crippen LogP contribution in [-0.2, 0) is 16.0 Å². The minimum atomic E-state index is -0.137. The Morgan fingerprint density at radius 3 is 3.00 bits per heavy atom. The van der Waals surface area contributed by atoms with Crippen molar-refractivity contribution in [2.24, 2.45) is 11.7 Å². The summed E-state index contributed by atoms with van der Waals surface area (Å²) in [5, 5.41) is 3.26. The van der Waals surface area contributed by atoms with Crippen LogP contribution in [0.15, 0.2) is 29.6 Å². The van der Waals surface area contributed by atoms with Gasteiger partial charge in [0.1, 0.15) is 5.78 Å². The standard InChI is InChI=1S/C14H15NO2S/c15-12-7-17-6-11(12)13(16)5-9-8-18-14-4-2-1-3-10(9)14/h1-4,8,11-12H,5-7,15H2. The van der Waals surface area contributed by atoms with E-state index in [0.717, 1.165) is 5.56 Å². The van der Waals surface area contributed by atoms with E-state index in [1.807, 2.05) is 12.1 Å². The number of nitrogens with two attached hydrogens (primary N) is 1. The van der Waals surface area contributed by atoms with Gasteiger partial charge in [0.2, 0.25) is 0 Å². The molecule has 0 spiro atoms. The number of carbonyl (C=O) groups excluding carboxylic acids is 1. The van der Waals surface area contributed by atoms with Gasteiger partial charge in [0.15, 0.2) is 0 Å². The summed E-state index contributed by atoms with van der Waals surface area (Å²) in [6, 6.07) is 8.04. The zero-order valence-electron chi connectivity index (χ0n) is 9.96. The molecule has 0 aliphatic carbocycles. The maximum absolute atomic E-state index is 12.2. The molecule has 18 heavy (non-hydrogen) atoms. The van der Waals surface area contributed by atoms with Crippen molar-refractivity contribution in [2.45, 2.75) is 12.5 Å². The fourth-order valence-corrected chi connectivity index (χ4v) is 3.35. The number of thiophene rings is 1. The van der Waals surface area contributed by atoms with Crippen molar-refractivity contribution < 1.29 is 9.53 Å². The molecule has 4 heteroatoms. The van der Waals surface area contributed by atoms with E-state index in [4.69, 9.17) is 10.5 Å². The molecule has 2 N–H and O–H groups in total. The molecule has 1 aromatic carbocycles. The fraction of sp³-hybridized carbons (Fsp3) is 0.357. The van der Waals surface area contributed by atoms with Gasteiger partial charge in [-0.05, 0) is 22.4 Å². The van der Waals surface area contributed by atoms with E-state index < -0.39 is 0 Å². The lowest BCUT2D eigenvalue weighted by atomic mass is 9.94. The average Bonchev–Trinajstić information content (AvgIpc) is 2.97. The van der Waals surface area contributed by atoms with Crippen LogP contribution in [0.4, 0.5) is 0 Å². The Kier molecular flexibility index (Phi) is 3.16. The van der Waals surface area contributed by atoms with Crippen LogP contribution in [-0.4, -0.2) is 25.0 Å². The molecule has 0 radical (unpaired) electrons. The lowest BCUT2D eigenvalue weighted by Crippen LogP contribution is -2.34. The fourth-order valence-electron chi connectivity index (χ4n) is 2.39. The lowest BCUT2D eigenvalue weighted by Gasteiger charge is -2.11. The summed E-state index contributed by atoms with van der Waals surface area (Å²) in [6.45, 7) is 0.975. The van der Waals surface area contributed by atoms with Crippen LogP contribution in [0.1, 0.15) is 5.56 Å². The summed E-state index contributed by atoms with van der Waals surface area (Å²) in [5.41, 5.74) is 6.99. The van der Waals surface area contributed by atoms with Gasteiger partial charge >= 0.3 is 0 Å². The van der Waals surface area contributed by atoms with Crippen LogP contribution in [0.5, 0.6) is 0 Å². The predicted molar refractivity (Wildman–Crippen MR) is 72.8 cm³/mol. The van der Waals surface area contributed by atoms with E-state index >= 15 is 0 Å². The summed E-state index contributed by atoms with van der Waals surface area (Å²) in [5.74, 6) is 0.0622. The molecule has 2 unspecified atom stereocenters. The Morgan fingerprint density at radius 1 is 1.39 bits per heavy atom. The Bertz CT molecular complexity index is 578. The van der Waals surface area contributed by atoms with Gasteiger partial charge in [0.25, 0.3) is 0 Å². The largest absolute Gasteiger partial charge is 0.379 e. The van der Waals surface area contributed by atoms with Crippen molar-refractivity contribution >= 4 is 27.2 Å². The number of Topliss-reactive ketones (excluding diaryl/α,β-unsaturated/α-hetero) is 1. The first-order valence-corrected chi connectivity index (χ1v) is 6.95. The van der Waals surface area contributed by atoms with Gasteiger partial charge in [-0.2, -0.15) is 0 Å². The highest BCUT2D eigenvalue weighted by Gasteiger charge is 2.31. The number of carbonyl (C=O) groups is 1. The first-order valence-electron chi connectivity index (χ1n) is 6.07. The number of benzene rings is 1. The van der Waals surface area contributed by atoms with E-state index in [-0.39, 0.29) is 17.7 Å². The zero-order chi connectivity index (χ0) is 12.5. The van der Waals surface area contributed by atoms with E-state index in [2.05, 4.69) is 17.5 Å². The molecule has 2 heterocycles. The van der Waals surface area contributed by atoms with Crippen molar-refractivity contribution in [3.8, 4) is 0 Å². The summed E-state index contributed by atoms with van der Waals surface area (Å²) in [6.07, 6.45) is 0.464. The van der Waals surface area contributed by atoms with Crippen molar-refractivity contribution in [3.05, 3.63) is 35.2 Å². The molecule has 1 fully saturated rings. The van der Waals surface area contributed by atoms with Gasteiger partial charge in [0, 0.05) is 17.2 Å². The summed E-state index contributed by atoms with van der Waals surface area (Å²) in [7, 11) is 0. The van der Waals surface area contributed by atoms with Crippen molar-refractivity contribution in [2.75, 3.05) is 13.2 Å². The Balaban J connectivity index is 1.82. The molecule has 3 rings (SSSR count). The van der Waals surface area contributed by atoms with E-state index in [1.54, 1.807) is 11.3 Å². The molecule has 0 saturated carbocycles. The number of fused-ring (bicyclic) bond motifs is 1. The van der Waals surface area contributed by atoms with Gasteiger partial charge in [-0.25, -0.2) is 0 Å². The number of ketones is 1. The molecular weight excluding hydrogens is 246 g/mol. The van der Waals surface area contributed by atoms with Crippen LogP contribution in [0.2, 0.25) is 0 Å². The van der Waals surface area contributed by atoms with E-state index in [0.29, 0.717) is 19.6 Å². The number of hydrogen-bond donors (Lipinski definition) is 1. The lowest BCUT2D eigenvalue weighted by molar-refractivity contribution is -0.122. The normalized spacial score (nSPS) is 23.6. The van der Waals surface area contributed by atoms with Gasteiger partial charge in [-0.15, -0.1) is 11.3 Å². The minimum absolute atomic E-state index is 0.135. The molecule has 0 amide bonds. The third kappa shape index (κ3) is 2.07. The number of ether oxygens (including phenoxy) is 1. The van der Waals surface area contributed by atoms with Crippen LogP contribution >= 0.6 is 11.3 Å². The molecule has 1 aromatic heterocycles. The molecule has 1 saturated heterocycles. The van der Waals surface area contributed by atoms with Gasteiger partial charge in [0.05, 0.1) is 19.1 Å². The number of rotatable bonds is 3. The van der Waals surface area contributed by atoms with Crippen molar-refractivity contribution in [1.82, 2.24) is 0 Å². The number of hydrogen-bond acceptors (Lipinski definition) is 4. The Labute approximate surface area is 110 Å². The highest BCUT2D eigenvalue weighted by molar-refractivity contribution is 7.17. The van der Waals surface area contributed by atoms with Crippen LogP contribution in [0.3, 0.4) is 0 Å². The maximum atomic E-state index is 12.2. The first-order chi connectivity index (χ1) is 8.75. The second kappa shape index (κ2) is 4.80. The van der Waals surface area contributed by atoms with E-state index in [9.17, 15) is 4.79 Å². The van der Waals surface area contributed by atoms with Gasteiger partial charge < -0.3 is 10.5 Å². The summed E-state index contributed by atoms with van der Waals surface area (Å²) >= 11 is 1.68. The van der Waals surface area contributed by atoms with Crippen molar-refractivity contribution in [1.29, 1.82) is 0 Å². The highest BCUT2D eigenvalue weighted by atomic mass is 32.1. The van der Waals surface area contributed by atoms with Gasteiger partial charge in [-0.1, -0.05) is 18.2 Å². The third-order valence-electron chi connectivity index (χ3n) is 3.46. The summed E-state index contributed by atoms with van der Waals surface area (Å²) in [4.78, 5) is 12.2. The van der Waals surface area contributed by atoms with Crippen LogP contribution in [0.25, 0.3) is 10.1 Å². The SMILES string of the molecule is NC1COCC1C(=O)Cc1csc2ccccc12. The van der Waals surface area contributed by atoms with Gasteiger partial charge in [-0.3, -0.25) is 4.79 Å². The van der Waals surface area contributed by atoms with Crippen molar-refractivity contribution in [3.63, 3.8) is 0 Å². The third-order valence-corrected chi connectivity index (χ3v) is 4.48. The molecule has 2 aromatic rings. The Morgan fingerprint density at radius 2 is 2.22 bits per heavy atom. The molecule has 2 atom stereocenters. The molecular formula is C14H15NO2S. The quantitative estimate of drug-likeness (QED) is 0.919. The highest BCUT2D eigenvalue weighted by Crippen LogP contribution is 2.27. The molecule has 0 bridgehead atoms. The smallest absolute Gasteiger partial charge is 0.144 e. The molecule has 94 valence electrons. The Hall–Kier alpha value is -1.23. The second-order valence-electron chi connectivity index (χ2n) is 4.71. The monoisotopic (exact) mass is 261 g/mol. The molecule has 3 nitrogen and oxygen atoms in total. The molecule has 1 aliphatic heterocycles. The molecule has 1 aliphatic rings. The topological polar surface area (TPSA) is 52.3 Å². The maximum Gasteiger partial charge on any atom is 0.144 e. The average molecular weight is 261 g/mol. The second-order valence-corrected chi connectivity index (χ2v) is 5.62.